The molecule has 6 nitrogen and oxygen atoms in total. The number of hydrogen-bond acceptors (Lipinski definition) is 5. The summed E-state index contributed by atoms with van der Waals surface area (Å²) in [7, 11) is -3.97. The molecular weight excluding hydrogens is 342 g/mol. The molecular formula is C15H22ClNO5S. The summed E-state index contributed by atoms with van der Waals surface area (Å²) >= 11 is 6.27. The largest absolute Gasteiger partial charge is 0.344 e. The molecule has 2 N–H and O–H groups in total. The van der Waals surface area contributed by atoms with Crippen LogP contribution in [0.2, 0.25) is 5.02 Å². The average Bonchev–Trinajstić information content (AvgIpc) is 2.86. The van der Waals surface area contributed by atoms with E-state index in [0.29, 0.717) is 24.3 Å². The molecule has 1 aliphatic rings. The lowest BCUT2D eigenvalue weighted by atomic mass is 10.0. The van der Waals surface area contributed by atoms with Crippen molar-refractivity contribution in [2.24, 2.45) is 5.14 Å². The smallest absolute Gasteiger partial charge is 0.333 e. The van der Waals surface area contributed by atoms with Crippen molar-refractivity contribution in [2.75, 3.05) is 6.61 Å². The van der Waals surface area contributed by atoms with Crippen molar-refractivity contribution < 1.29 is 22.1 Å². The molecule has 1 aromatic carbocycles. The molecule has 1 heterocycles. The maximum atomic E-state index is 10.9. The molecule has 0 aromatic heterocycles. The fourth-order valence-electron chi connectivity index (χ4n) is 2.72. The fraction of sp³-hybridized carbons (Fsp3) is 0.600. The number of benzene rings is 1. The van der Waals surface area contributed by atoms with Crippen molar-refractivity contribution in [1.29, 1.82) is 0 Å². The van der Waals surface area contributed by atoms with E-state index in [-0.39, 0.29) is 18.8 Å². The Kier molecular flexibility index (Phi) is 6.05. The highest BCUT2D eigenvalue weighted by Crippen LogP contribution is 2.44. The van der Waals surface area contributed by atoms with E-state index in [4.69, 9.17) is 26.2 Å². The van der Waals surface area contributed by atoms with Gasteiger partial charge in [-0.1, -0.05) is 43.6 Å². The van der Waals surface area contributed by atoms with Crippen LogP contribution in [0.5, 0.6) is 0 Å². The van der Waals surface area contributed by atoms with Crippen molar-refractivity contribution in [1.82, 2.24) is 0 Å². The summed E-state index contributed by atoms with van der Waals surface area (Å²) < 4.78 is 38.7. The second-order valence-corrected chi connectivity index (χ2v) is 7.07. The highest BCUT2D eigenvalue weighted by molar-refractivity contribution is 7.84. The Bertz CT molecular complexity index is 633. The number of hydrogen-bond donors (Lipinski definition) is 1. The van der Waals surface area contributed by atoms with Gasteiger partial charge < -0.3 is 9.47 Å². The molecule has 23 heavy (non-hydrogen) atoms. The van der Waals surface area contributed by atoms with Gasteiger partial charge in [0, 0.05) is 17.0 Å². The average molecular weight is 364 g/mol. The summed E-state index contributed by atoms with van der Waals surface area (Å²) in [4.78, 5) is 0. The van der Waals surface area contributed by atoms with E-state index in [2.05, 4.69) is 4.18 Å². The summed E-state index contributed by atoms with van der Waals surface area (Å²) in [5, 5.41) is 5.44. The predicted molar refractivity (Wildman–Crippen MR) is 87.1 cm³/mol. The molecule has 0 bridgehead atoms. The van der Waals surface area contributed by atoms with Crippen LogP contribution in [0.15, 0.2) is 24.3 Å². The Morgan fingerprint density at radius 1 is 1.26 bits per heavy atom. The third-order valence-corrected chi connectivity index (χ3v) is 4.82. The van der Waals surface area contributed by atoms with Gasteiger partial charge in [0.05, 0.1) is 12.7 Å². The zero-order valence-corrected chi connectivity index (χ0v) is 14.8. The highest BCUT2D eigenvalue weighted by atomic mass is 35.5. The number of halogens is 1. The first-order valence-electron chi connectivity index (χ1n) is 7.57. The van der Waals surface area contributed by atoms with Crippen LogP contribution in [0.1, 0.15) is 44.8 Å². The Hall–Kier alpha value is -0.700. The second kappa shape index (κ2) is 7.46. The summed E-state index contributed by atoms with van der Waals surface area (Å²) in [6.07, 6.45) is 0.937. The standard InChI is InChI=1S/C15H22ClNO5S/c1-3-15(4-2)21-13(9-10-20-23(17,18)19)14(22-15)11-7-5-6-8-12(11)16/h5-8,13-14H,3-4,9-10H2,1-2H3,(H2,17,18,19)/t13-,14-/m1/s1. The fourth-order valence-corrected chi connectivity index (χ4v) is 3.29. The number of nitrogens with two attached hydrogens (primary N) is 1. The summed E-state index contributed by atoms with van der Waals surface area (Å²) in [5.74, 6) is -0.698. The van der Waals surface area contributed by atoms with Gasteiger partial charge in [-0.15, -0.1) is 0 Å². The first kappa shape index (κ1) is 18.6. The van der Waals surface area contributed by atoms with Crippen LogP contribution in [0.4, 0.5) is 0 Å². The van der Waals surface area contributed by atoms with Crippen LogP contribution in [0, 0.1) is 0 Å². The Labute approximate surface area is 142 Å². The van der Waals surface area contributed by atoms with Crippen molar-refractivity contribution in [3.05, 3.63) is 34.9 Å². The quantitative estimate of drug-likeness (QED) is 0.804. The maximum Gasteiger partial charge on any atom is 0.333 e. The molecule has 0 unspecified atom stereocenters. The predicted octanol–water partition coefficient (Wildman–Crippen LogP) is 2.92. The zero-order chi connectivity index (χ0) is 17.1. The van der Waals surface area contributed by atoms with E-state index in [1.54, 1.807) is 6.07 Å². The lowest BCUT2D eigenvalue weighted by molar-refractivity contribution is -0.180. The van der Waals surface area contributed by atoms with Crippen LogP contribution in [0.3, 0.4) is 0 Å². The van der Waals surface area contributed by atoms with Gasteiger partial charge in [0.1, 0.15) is 6.10 Å². The minimum atomic E-state index is -3.97. The van der Waals surface area contributed by atoms with E-state index in [1.807, 2.05) is 32.0 Å². The van der Waals surface area contributed by atoms with E-state index in [9.17, 15) is 8.42 Å². The van der Waals surface area contributed by atoms with Crippen LogP contribution < -0.4 is 5.14 Å². The maximum absolute atomic E-state index is 10.9. The zero-order valence-electron chi connectivity index (χ0n) is 13.2. The first-order chi connectivity index (χ1) is 10.8. The summed E-state index contributed by atoms with van der Waals surface area (Å²) in [6.45, 7) is 3.89. The third-order valence-electron chi connectivity index (χ3n) is 3.98. The molecule has 0 aliphatic carbocycles. The molecule has 130 valence electrons. The van der Waals surface area contributed by atoms with Crippen molar-refractivity contribution in [3.8, 4) is 0 Å². The molecule has 0 saturated carbocycles. The molecule has 0 radical (unpaired) electrons. The Morgan fingerprint density at radius 3 is 2.48 bits per heavy atom. The van der Waals surface area contributed by atoms with Crippen LogP contribution in [-0.4, -0.2) is 26.9 Å². The van der Waals surface area contributed by atoms with Gasteiger partial charge in [-0.2, -0.15) is 8.42 Å². The van der Waals surface area contributed by atoms with Crippen molar-refractivity contribution in [3.63, 3.8) is 0 Å². The molecule has 2 rings (SSSR count). The van der Waals surface area contributed by atoms with E-state index in [1.165, 1.54) is 0 Å². The Balaban J connectivity index is 2.20. The topological polar surface area (TPSA) is 87.9 Å². The molecule has 2 atom stereocenters. The SMILES string of the molecule is CCC1(CC)O[C@H](c2ccccc2Cl)[C@@H](CCOS(N)(=O)=O)O1. The highest BCUT2D eigenvalue weighted by Gasteiger charge is 2.46. The van der Waals surface area contributed by atoms with E-state index >= 15 is 0 Å². The van der Waals surface area contributed by atoms with Crippen molar-refractivity contribution in [2.45, 2.75) is 51.1 Å². The lowest BCUT2D eigenvalue weighted by Gasteiger charge is -2.25. The Morgan fingerprint density at radius 2 is 1.91 bits per heavy atom. The van der Waals surface area contributed by atoms with E-state index < -0.39 is 16.1 Å². The van der Waals surface area contributed by atoms with Gasteiger partial charge >= 0.3 is 10.3 Å². The number of ether oxygens (including phenoxy) is 2. The molecule has 1 fully saturated rings. The first-order valence-corrected chi connectivity index (χ1v) is 9.42. The normalized spacial score (nSPS) is 24.0. The monoisotopic (exact) mass is 363 g/mol. The summed E-state index contributed by atoms with van der Waals surface area (Å²) in [6, 6.07) is 7.38. The minimum absolute atomic E-state index is 0.0721. The molecule has 8 heteroatoms. The molecule has 1 saturated heterocycles. The number of rotatable bonds is 7. The minimum Gasteiger partial charge on any atom is -0.344 e. The molecule has 1 aliphatic heterocycles. The van der Waals surface area contributed by atoms with Gasteiger partial charge in [0.15, 0.2) is 5.79 Å². The van der Waals surface area contributed by atoms with E-state index in [0.717, 1.165) is 5.56 Å². The summed E-state index contributed by atoms with van der Waals surface area (Å²) in [5.41, 5.74) is 0.818. The van der Waals surface area contributed by atoms with Crippen molar-refractivity contribution >= 4 is 21.9 Å². The molecule has 0 amide bonds. The van der Waals surface area contributed by atoms with Gasteiger partial charge in [0.2, 0.25) is 0 Å². The van der Waals surface area contributed by atoms with Gasteiger partial charge in [-0.3, -0.25) is 4.18 Å². The second-order valence-electron chi connectivity index (χ2n) is 5.44. The van der Waals surface area contributed by atoms with Crippen LogP contribution >= 0.6 is 11.6 Å². The third kappa shape index (κ3) is 4.65. The van der Waals surface area contributed by atoms with Gasteiger partial charge in [-0.05, 0) is 18.9 Å². The molecule has 1 aromatic rings. The molecule has 0 spiro atoms. The van der Waals surface area contributed by atoms with Crippen LogP contribution in [0.25, 0.3) is 0 Å². The van der Waals surface area contributed by atoms with Gasteiger partial charge in [0.25, 0.3) is 0 Å². The van der Waals surface area contributed by atoms with Gasteiger partial charge in [-0.25, -0.2) is 5.14 Å². The van der Waals surface area contributed by atoms with Crippen LogP contribution in [-0.2, 0) is 24.0 Å². The lowest BCUT2D eigenvalue weighted by Crippen LogP contribution is -2.29.